The molecule has 0 amide bonds. The molecule has 1 saturated carbocycles. The Morgan fingerprint density at radius 3 is 2.65 bits per heavy atom. The van der Waals surface area contributed by atoms with E-state index in [4.69, 9.17) is 14.2 Å². The Morgan fingerprint density at radius 1 is 1.27 bits per heavy atom. The van der Waals surface area contributed by atoms with Gasteiger partial charge in [-0.05, 0) is 57.3 Å². The lowest BCUT2D eigenvalue weighted by atomic mass is 9.59. The number of carbonyl (C=O) groups is 1. The number of rotatable bonds is 2. The van der Waals surface area contributed by atoms with Crippen molar-refractivity contribution in [3.8, 4) is 0 Å². The normalized spacial score (nSPS) is 50.3. The minimum Gasteiger partial charge on any atom is -0.459 e. The van der Waals surface area contributed by atoms with Gasteiger partial charge in [0.15, 0.2) is 0 Å². The van der Waals surface area contributed by atoms with Crippen molar-refractivity contribution in [2.75, 3.05) is 0 Å². The molecule has 3 saturated heterocycles. The zero-order valence-corrected chi connectivity index (χ0v) is 16.9. The topological polar surface area (TPSA) is 44.8 Å². The highest BCUT2D eigenvalue weighted by molar-refractivity contribution is 5.66. The van der Waals surface area contributed by atoms with Crippen molar-refractivity contribution in [1.29, 1.82) is 0 Å². The van der Waals surface area contributed by atoms with Crippen molar-refractivity contribution < 1.29 is 19.0 Å². The first-order chi connectivity index (χ1) is 12.1. The molecule has 4 nitrogen and oxygen atoms in total. The molecule has 3 heterocycles. The summed E-state index contributed by atoms with van der Waals surface area (Å²) in [5.41, 5.74) is 0.564. The maximum atomic E-state index is 11.6. The van der Waals surface area contributed by atoms with Gasteiger partial charge in [-0.3, -0.25) is 4.79 Å². The first-order valence-electron chi connectivity index (χ1n) is 10.3. The number of hydrogen-bond donors (Lipinski definition) is 0. The fourth-order valence-electron chi connectivity index (χ4n) is 6.57. The molecule has 4 aliphatic rings. The van der Waals surface area contributed by atoms with Gasteiger partial charge in [-0.25, -0.2) is 0 Å². The zero-order valence-electron chi connectivity index (χ0n) is 16.9. The van der Waals surface area contributed by atoms with Crippen LogP contribution in [0.5, 0.6) is 0 Å². The minimum atomic E-state index is -0.478. The second-order valence-corrected chi connectivity index (χ2v) is 9.87. The van der Waals surface area contributed by atoms with E-state index in [0.29, 0.717) is 23.7 Å². The number of ether oxygens (including phenoxy) is 3. The first-order valence-corrected chi connectivity index (χ1v) is 10.3. The summed E-state index contributed by atoms with van der Waals surface area (Å²) >= 11 is 0. The van der Waals surface area contributed by atoms with Crippen LogP contribution in [0.25, 0.3) is 0 Å². The Balaban J connectivity index is 1.72. The summed E-state index contributed by atoms with van der Waals surface area (Å²) in [6.45, 7) is 15.0. The van der Waals surface area contributed by atoms with E-state index in [1.807, 2.05) is 0 Å². The van der Waals surface area contributed by atoms with Gasteiger partial charge in [0.1, 0.15) is 11.7 Å². The fourth-order valence-corrected chi connectivity index (χ4v) is 6.57. The third-order valence-corrected chi connectivity index (χ3v) is 7.67. The molecule has 146 valence electrons. The van der Waals surface area contributed by atoms with Gasteiger partial charge < -0.3 is 14.2 Å². The van der Waals surface area contributed by atoms with Crippen LogP contribution >= 0.6 is 0 Å². The predicted molar refractivity (Wildman–Crippen MR) is 99.6 cm³/mol. The van der Waals surface area contributed by atoms with Gasteiger partial charge in [-0.1, -0.05) is 26.0 Å². The van der Waals surface area contributed by atoms with Gasteiger partial charge >= 0.3 is 5.97 Å². The highest BCUT2D eigenvalue weighted by Gasteiger charge is 2.65. The molecule has 8 atom stereocenters. The molecule has 4 rings (SSSR count). The Labute approximate surface area is 157 Å². The van der Waals surface area contributed by atoms with Gasteiger partial charge in [-0.15, -0.1) is 0 Å². The van der Waals surface area contributed by atoms with Crippen LogP contribution in [0.15, 0.2) is 12.2 Å². The molecule has 0 aromatic carbocycles. The van der Waals surface area contributed by atoms with Crippen molar-refractivity contribution in [2.45, 2.75) is 96.2 Å². The summed E-state index contributed by atoms with van der Waals surface area (Å²) in [7, 11) is 0. The van der Waals surface area contributed by atoms with Crippen LogP contribution in [0.1, 0.15) is 66.7 Å². The summed E-state index contributed by atoms with van der Waals surface area (Å²) in [6.07, 6.45) is 4.88. The standard InChI is InChI=1S/C22H34O4/c1-12(2)15-8-7-13(3)18-16-11-22(6)17(24-14(4)23)9-10-21(5,26-22)20(25-16)19(15)18/h12,15-20H,3,7-11H2,1-2,4-6H3/t15?,16?,17-,18-,19-,20?,21?,22?/m0/s1. The highest BCUT2D eigenvalue weighted by atomic mass is 16.6. The molecule has 0 spiro atoms. The lowest BCUT2D eigenvalue weighted by molar-refractivity contribution is -0.251. The summed E-state index contributed by atoms with van der Waals surface area (Å²) < 4.78 is 19.1. The second-order valence-electron chi connectivity index (χ2n) is 9.87. The number of hydrogen-bond acceptors (Lipinski definition) is 4. The van der Waals surface area contributed by atoms with Crippen LogP contribution < -0.4 is 0 Å². The lowest BCUT2D eigenvalue weighted by Crippen LogP contribution is -2.61. The molecule has 4 heteroatoms. The SMILES string of the molecule is C=C1CCC(C(C)C)[C@@H]2C3OC(CC4(C)OC3(C)CC[C@@H]4OC(C)=O)[C@H]12. The summed E-state index contributed by atoms with van der Waals surface area (Å²) in [6, 6.07) is 0. The van der Waals surface area contributed by atoms with E-state index in [2.05, 4.69) is 34.3 Å². The van der Waals surface area contributed by atoms with Crippen molar-refractivity contribution in [3.63, 3.8) is 0 Å². The van der Waals surface area contributed by atoms with Crippen LogP contribution in [-0.2, 0) is 19.0 Å². The van der Waals surface area contributed by atoms with Crippen LogP contribution in [0, 0.1) is 23.7 Å². The largest absolute Gasteiger partial charge is 0.459 e. The van der Waals surface area contributed by atoms with E-state index in [9.17, 15) is 4.79 Å². The van der Waals surface area contributed by atoms with Crippen molar-refractivity contribution in [3.05, 3.63) is 12.2 Å². The van der Waals surface area contributed by atoms with E-state index >= 15 is 0 Å². The fraction of sp³-hybridized carbons (Fsp3) is 0.864. The van der Waals surface area contributed by atoms with Crippen LogP contribution in [0.3, 0.4) is 0 Å². The van der Waals surface area contributed by atoms with Crippen molar-refractivity contribution in [1.82, 2.24) is 0 Å². The average molecular weight is 363 g/mol. The average Bonchev–Trinajstić information content (AvgIpc) is 2.86. The number of fused-ring (bicyclic) bond motifs is 8. The highest BCUT2D eigenvalue weighted by Crippen LogP contribution is 2.59. The van der Waals surface area contributed by atoms with Crippen LogP contribution in [-0.4, -0.2) is 35.5 Å². The number of carbonyl (C=O) groups excluding carboxylic acids is 1. The van der Waals surface area contributed by atoms with Crippen LogP contribution in [0.4, 0.5) is 0 Å². The predicted octanol–water partition coefficient (Wildman–Crippen LogP) is 4.27. The van der Waals surface area contributed by atoms with Crippen molar-refractivity contribution >= 4 is 5.97 Å². The van der Waals surface area contributed by atoms with Gasteiger partial charge in [-0.2, -0.15) is 0 Å². The first kappa shape index (κ1) is 18.5. The molecule has 3 aliphatic heterocycles. The smallest absolute Gasteiger partial charge is 0.303 e. The van der Waals surface area contributed by atoms with E-state index < -0.39 is 5.60 Å². The molecular weight excluding hydrogens is 328 g/mol. The molecule has 1 aliphatic carbocycles. The molecule has 0 radical (unpaired) electrons. The van der Waals surface area contributed by atoms with Crippen LogP contribution in [0.2, 0.25) is 0 Å². The third-order valence-electron chi connectivity index (χ3n) is 7.67. The Hall–Kier alpha value is -0.870. The monoisotopic (exact) mass is 362 g/mol. The third kappa shape index (κ3) is 2.67. The lowest BCUT2D eigenvalue weighted by Gasteiger charge is -2.53. The quantitative estimate of drug-likeness (QED) is 0.543. The Morgan fingerprint density at radius 2 is 2.00 bits per heavy atom. The molecule has 4 fully saturated rings. The van der Waals surface area contributed by atoms with E-state index in [0.717, 1.165) is 25.7 Å². The molecular formula is C22H34O4. The maximum Gasteiger partial charge on any atom is 0.303 e. The molecule has 0 aromatic heterocycles. The zero-order chi connectivity index (χ0) is 18.9. The summed E-state index contributed by atoms with van der Waals surface area (Å²) in [5, 5.41) is 0. The maximum absolute atomic E-state index is 11.6. The van der Waals surface area contributed by atoms with Gasteiger partial charge in [0, 0.05) is 19.3 Å². The Kier molecular flexibility index (Phi) is 4.31. The molecule has 0 N–H and O–H groups in total. The molecule has 26 heavy (non-hydrogen) atoms. The van der Waals surface area contributed by atoms with Crippen molar-refractivity contribution in [2.24, 2.45) is 23.7 Å². The summed E-state index contributed by atoms with van der Waals surface area (Å²) in [4.78, 5) is 11.6. The van der Waals surface area contributed by atoms with E-state index in [1.54, 1.807) is 0 Å². The number of esters is 1. The molecule has 0 aromatic rings. The van der Waals surface area contributed by atoms with Gasteiger partial charge in [0.25, 0.3) is 0 Å². The second kappa shape index (κ2) is 6.07. The minimum absolute atomic E-state index is 0.113. The molecule has 5 unspecified atom stereocenters. The van der Waals surface area contributed by atoms with E-state index in [-0.39, 0.29) is 29.9 Å². The van der Waals surface area contributed by atoms with Gasteiger partial charge in [0.2, 0.25) is 0 Å². The molecule has 4 bridgehead atoms. The van der Waals surface area contributed by atoms with E-state index in [1.165, 1.54) is 18.9 Å². The van der Waals surface area contributed by atoms with Gasteiger partial charge in [0.05, 0.1) is 17.8 Å². The Bertz CT molecular complexity index is 613. The summed E-state index contributed by atoms with van der Waals surface area (Å²) in [5.74, 6) is 2.00.